The molecule has 0 aliphatic rings. The van der Waals surface area contributed by atoms with Crippen molar-refractivity contribution in [2.24, 2.45) is 10.9 Å². The van der Waals surface area contributed by atoms with Gasteiger partial charge in [0.2, 0.25) is 0 Å². The Balaban J connectivity index is 4.21. The van der Waals surface area contributed by atoms with E-state index >= 15 is 0 Å². The molecule has 0 aromatic heterocycles. The van der Waals surface area contributed by atoms with Gasteiger partial charge in [-0.25, -0.2) is 0 Å². The number of nitrogens with zero attached hydrogens (tertiary/aromatic N) is 1. The van der Waals surface area contributed by atoms with Gasteiger partial charge >= 0.3 is 0 Å². The van der Waals surface area contributed by atoms with Gasteiger partial charge in [0.25, 0.3) is 0 Å². The lowest BCUT2D eigenvalue weighted by molar-refractivity contribution is 0.313. The van der Waals surface area contributed by atoms with Crippen LogP contribution in [0, 0.1) is 0 Å². The van der Waals surface area contributed by atoms with Gasteiger partial charge in [0, 0.05) is 0 Å². The Labute approximate surface area is 61.6 Å². The summed E-state index contributed by atoms with van der Waals surface area (Å²) in [5.41, 5.74) is 0.726. The summed E-state index contributed by atoms with van der Waals surface area (Å²) in [7, 11) is 1.61. The topological polar surface area (TPSA) is 47.6 Å². The van der Waals surface area contributed by atoms with Crippen molar-refractivity contribution in [3.05, 3.63) is 11.8 Å². The summed E-state index contributed by atoms with van der Waals surface area (Å²) in [5.74, 6) is 5.80. The molecule has 2 N–H and O–H groups in total. The summed E-state index contributed by atoms with van der Waals surface area (Å²) < 4.78 is 4.99. The van der Waals surface area contributed by atoms with Crippen LogP contribution in [0.4, 0.5) is 0 Å². The van der Waals surface area contributed by atoms with Gasteiger partial charge < -0.3 is 10.6 Å². The van der Waals surface area contributed by atoms with Crippen LogP contribution >= 0.6 is 0 Å². The number of hydrogen-bond acceptors (Lipinski definition) is 3. The number of allylic oxidation sites excluding steroid dienone is 2. The Morgan fingerprint density at radius 3 is 2.60 bits per heavy atom. The Morgan fingerprint density at radius 1 is 1.70 bits per heavy atom. The zero-order valence-corrected chi connectivity index (χ0v) is 6.72. The summed E-state index contributed by atoms with van der Waals surface area (Å²) in [6.07, 6.45) is 2.86. The van der Waals surface area contributed by atoms with E-state index in [-0.39, 0.29) is 0 Å². The van der Waals surface area contributed by atoms with Crippen LogP contribution in [-0.4, -0.2) is 12.8 Å². The molecule has 0 bridgehead atoms. The van der Waals surface area contributed by atoms with Crippen LogP contribution in [0.25, 0.3) is 0 Å². The first kappa shape index (κ1) is 9.01. The molecule has 58 valence electrons. The van der Waals surface area contributed by atoms with Crippen molar-refractivity contribution in [1.82, 2.24) is 0 Å². The molecule has 0 fully saturated rings. The Kier molecular flexibility index (Phi) is 4.37. The van der Waals surface area contributed by atoms with Crippen molar-refractivity contribution in [2.45, 2.75) is 20.3 Å². The van der Waals surface area contributed by atoms with E-state index in [9.17, 15) is 0 Å². The van der Waals surface area contributed by atoms with Crippen molar-refractivity contribution in [1.29, 1.82) is 0 Å². The van der Waals surface area contributed by atoms with E-state index in [4.69, 9.17) is 10.6 Å². The average Bonchev–Trinajstić information content (AvgIpc) is 1.99. The average molecular weight is 142 g/mol. The Bertz CT molecular complexity index is 150. The Hall–Kier alpha value is -0.990. The van der Waals surface area contributed by atoms with E-state index in [1.807, 2.05) is 19.9 Å². The molecule has 0 saturated carbocycles. The fourth-order valence-corrected chi connectivity index (χ4v) is 0.628. The molecule has 0 aliphatic heterocycles. The predicted molar refractivity (Wildman–Crippen MR) is 42.7 cm³/mol. The quantitative estimate of drug-likeness (QED) is 0.279. The Morgan fingerprint density at radius 2 is 2.30 bits per heavy atom. The number of hydrogen-bond donors (Lipinski definition) is 1. The molecule has 0 rings (SSSR count). The second kappa shape index (κ2) is 4.85. The molecule has 0 amide bonds. The number of hydrazone groups is 1. The largest absolute Gasteiger partial charge is 0.495 e. The predicted octanol–water partition coefficient (Wildman–Crippen LogP) is 1.26. The fraction of sp³-hybridized carbons (Fsp3) is 0.571. The van der Waals surface area contributed by atoms with Crippen LogP contribution in [-0.2, 0) is 4.74 Å². The first-order valence-corrected chi connectivity index (χ1v) is 3.25. The molecule has 0 radical (unpaired) electrons. The van der Waals surface area contributed by atoms with E-state index in [1.54, 1.807) is 7.11 Å². The maximum atomic E-state index is 5.05. The van der Waals surface area contributed by atoms with Crippen molar-refractivity contribution < 1.29 is 4.74 Å². The van der Waals surface area contributed by atoms with E-state index in [0.29, 0.717) is 0 Å². The summed E-state index contributed by atoms with van der Waals surface area (Å²) in [5, 5.41) is 3.50. The smallest absolute Gasteiger partial charge is 0.137 e. The zero-order chi connectivity index (χ0) is 7.98. The standard InChI is InChI=1S/C7H14N2O/c1-4-5-7(10-3)6(2)9-8/h5H,4,8H2,1-3H3/b7-5+,9-6+. The normalized spacial score (nSPS) is 13.5. The molecular weight excluding hydrogens is 128 g/mol. The third-order valence-corrected chi connectivity index (χ3v) is 1.16. The van der Waals surface area contributed by atoms with E-state index in [2.05, 4.69) is 5.10 Å². The summed E-state index contributed by atoms with van der Waals surface area (Å²) in [6.45, 7) is 3.84. The lowest BCUT2D eigenvalue weighted by Gasteiger charge is -2.02. The minimum atomic E-state index is 0.726. The maximum absolute atomic E-state index is 5.05. The third-order valence-electron chi connectivity index (χ3n) is 1.16. The van der Waals surface area contributed by atoms with Gasteiger partial charge in [-0.2, -0.15) is 5.10 Å². The lowest BCUT2D eigenvalue weighted by Crippen LogP contribution is -2.02. The minimum Gasteiger partial charge on any atom is -0.495 e. The molecule has 0 spiro atoms. The molecule has 0 saturated heterocycles. The molecule has 0 aromatic rings. The van der Waals surface area contributed by atoms with Crippen molar-refractivity contribution in [3.63, 3.8) is 0 Å². The van der Waals surface area contributed by atoms with Crippen LogP contribution in [0.1, 0.15) is 20.3 Å². The molecule has 0 aromatic carbocycles. The van der Waals surface area contributed by atoms with Crippen LogP contribution in [0.3, 0.4) is 0 Å². The number of ether oxygens (including phenoxy) is 1. The summed E-state index contributed by atoms with van der Waals surface area (Å²) >= 11 is 0. The van der Waals surface area contributed by atoms with E-state index in [1.165, 1.54) is 0 Å². The summed E-state index contributed by atoms with van der Waals surface area (Å²) in [4.78, 5) is 0. The highest BCUT2D eigenvalue weighted by atomic mass is 16.5. The first-order valence-electron chi connectivity index (χ1n) is 3.25. The number of rotatable bonds is 3. The lowest BCUT2D eigenvalue weighted by atomic mass is 10.3. The zero-order valence-electron chi connectivity index (χ0n) is 6.72. The maximum Gasteiger partial charge on any atom is 0.137 e. The monoisotopic (exact) mass is 142 g/mol. The van der Waals surface area contributed by atoms with Crippen molar-refractivity contribution in [2.75, 3.05) is 7.11 Å². The van der Waals surface area contributed by atoms with Gasteiger partial charge in [-0.05, 0) is 19.4 Å². The minimum absolute atomic E-state index is 0.726. The van der Waals surface area contributed by atoms with Gasteiger partial charge in [-0.15, -0.1) is 0 Å². The molecule has 3 nitrogen and oxygen atoms in total. The number of methoxy groups -OCH3 is 1. The molecule has 0 unspecified atom stereocenters. The van der Waals surface area contributed by atoms with Crippen LogP contribution in [0.15, 0.2) is 16.9 Å². The highest BCUT2D eigenvalue weighted by Gasteiger charge is 1.97. The highest BCUT2D eigenvalue weighted by molar-refractivity contribution is 5.96. The molecule has 0 heterocycles. The molecule has 3 heteroatoms. The van der Waals surface area contributed by atoms with Gasteiger partial charge in [-0.1, -0.05) is 6.92 Å². The van der Waals surface area contributed by atoms with Crippen molar-refractivity contribution >= 4 is 5.71 Å². The SMILES string of the molecule is CC/C=C(OC)\C(C)=N\N. The van der Waals surface area contributed by atoms with Gasteiger partial charge in [0.05, 0.1) is 12.8 Å². The van der Waals surface area contributed by atoms with Gasteiger partial charge in [0.1, 0.15) is 5.76 Å². The highest BCUT2D eigenvalue weighted by Crippen LogP contribution is 1.99. The summed E-state index contributed by atoms with van der Waals surface area (Å²) in [6, 6.07) is 0. The molecular formula is C7H14N2O. The van der Waals surface area contributed by atoms with Crippen LogP contribution in [0.2, 0.25) is 0 Å². The first-order chi connectivity index (χ1) is 4.76. The van der Waals surface area contributed by atoms with Gasteiger partial charge in [-0.3, -0.25) is 0 Å². The van der Waals surface area contributed by atoms with Gasteiger partial charge in [0.15, 0.2) is 0 Å². The third kappa shape index (κ3) is 2.53. The molecule has 10 heavy (non-hydrogen) atoms. The van der Waals surface area contributed by atoms with Crippen molar-refractivity contribution in [3.8, 4) is 0 Å². The van der Waals surface area contributed by atoms with Crippen LogP contribution < -0.4 is 5.84 Å². The van der Waals surface area contributed by atoms with Crippen LogP contribution in [0.5, 0.6) is 0 Å². The molecule has 0 atom stereocenters. The second-order valence-electron chi connectivity index (χ2n) is 1.90. The van der Waals surface area contributed by atoms with E-state index in [0.717, 1.165) is 17.9 Å². The second-order valence-corrected chi connectivity index (χ2v) is 1.90. The number of nitrogens with two attached hydrogens (primary N) is 1. The fourth-order valence-electron chi connectivity index (χ4n) is 0.628. The molecule has 0 aliphatic carbocycles. The van der Waals surface area contributed by atoms with E-state index < -0.39 is 0 Å².